The molecule has 0 saturated carbocycles. The highest BCUT2D eigenvalue weighted by atomic mass is 32.1. The Bertz CT molecular complexity index is 772. The molecule has 2 fully saturated rings. The van der Waals surface area contributed by atoms with E-state index in [1.165, 1.54) is 0 Å². The zero-order valence-corrected chi connectivity index (χ0v) is 16.2. The molecule has 1 N–H and O–H groups in total. The molecule has 2 aliphatic rings. The normalized spacial score (nSPS) is 24.8. The summed E-state index contributed by atoms with van der Waals surface area (Å²) in [7, 11) is 2.15. The number of fused-ring (bicyclic) bond motifs is 1. The van der Waals surface area contributed by atoms with Crippen LogP contribution in [0.4, 0.5) is 10.6 Å². The van der Waals surface area contributed by atoms with Crippen LogP contribution in [0.5, 0.6) is 0 Å². The molecule has 2 saturated heterocycles. The summed E-state index contributed by atoms with van der Waals surface area (Å²) in [6, 6.07) is 2.97. The monoisotopic (exact) mass is 374 g/mol. The summed E-state index contributed by atoms with van der Waals surface area (Å²) < 4.78 is 0. The molecule has 0 aliphatic carbocycles. The van der Waals surface area contributed by atoms with Gasteiger partial charge in [0.1, 0.15) is 17.0 Å². The Balaban J connectivity index is 1.33. The van der Waals surface area contributed by atoms with Crippen LogP contribution in [0.25, 0.3) is 10.2 Å². The topological polar surface area (TPSA) is 64.6 Å². The van der Waals surface area contributed by atoms with Crippen LogP contribution < -0.4 is 10.2 Å². The Kier molecular flexibility index (Phi) is 4.95. The molecule has 4 rings (SSSR count). The van der Waals surface area contributed by atoms with Gasteiger partial charge in [0.15, 0.2) is 0 Å². The van der Waals surface area contributed by atoms with Gasteiger partial charge in [0.2, 0.25) is 0 Å². The standard InChI is InChI=1S/C18H26N6OS/c1-13-11-14(3-5-22(13)2)21-18(25)24-8-6-23(7-9-24)16-15-4-10-26-17(15)20-12-19-16/h4,10,12-14H,3,5-9,11H2,1-2H3,(H,21,25). The second kappa shape index (κ2) is 7.36. The number of nitrogens with zero attached hydrogens (tertiary/aromatic N) is 5. The molecule has 0 spiro atoms. The third kappa shape index (κ3) is 3.48. The highest BCUT2D eigenvalue weighted by Crippen LogP contribution is 2.27. The molecule has 8 heteroatoms. The molecule has 0 radical (unpaired) electrons. The number of hydrogen-bond donors (Lipinski definition) is 1. The molecule has 0 aromatic carbocycles. The molecule has 2 aromatic rings. The Labute approximate surface area is 158 Å². The van der Waals surface area contributed by atoms with E-state index in [1.54, 1.807) is 17.7 Å². The number of anilines is 1. The first-order valence-electron chi connectivity index (χ1n) is 9.30. The molecule has 7 nitrogen and oxygen atoms in total. The average molecular weight is 375 g/mol. The lowest BCUT2D eigenvalue weighted by atomic mass is 9.99. The van der Waals surface area contributed by atoms with E-state index in [0.29, 0.717) is 12.1 Å². The van der Waals surface area contributed by atoms with Gasteiger partial charge in [-0.3, -0.25) is 0 Å². The molecular formula is C18H26N6OS. The van der Waals surface area contributed by atoms with Gasteiger partial charge >= 0.3 is 6.03 Å². The molecule has 2 amide bonds. The molecule has 2 atom stereocenters. The van der Waals surface area contributed by atoms with Crippen molar-refractivity contribution in [1.29, 1.82) is 0 Å². The fourth-order valence-electron chi connectivity index (χ4n) is 3.84. The lowest BCUT2D eigenvalue weighted by Crippen LogP contribution is -2.55. The smallest absolute Gasteiger partial charge is 0.317 e. The van der Waals surface area contributed by atoms with Crippen molar-refractivity contribution < 1.29 is 4.79 Å². The second-order valence-corrected chi connectivity index (χ2v) is 8.21. The van der Waals surface area contributed by atoms with Crippen LogP contribution in [-0.2, 0) is 0 Å². The predicted molar refractivity (Wildman–Crippen MR) is 105 cm³/mol. The van der Waals surface area contributed by atoms with Crippen molar-refractivity contribution in [2.24, 2.45) is 0 Å². The molecule has 0 bridgehead atoms. The molecule has 2 unspecified atom stereocenters. The van der Waals surface area contributed by atoms with E-state index in [1.807, 2.05) is 4.90 Å². The number of carbonyl (C=O) groups excluding carboxylic acids is 1. The zero-order chi connectivity index (χ0) is 18.1. The Morgan fingerprint density at radius 1 is 1.23 bits per heavy atom. The summed E-state index contributed by atoms with van der Waals surface area (Å²) in [4.78, 5) is 29.0. The van der Waals surface area contributed by atoms with E-state index < -0.39 is 0 Å². The Morgan fingerprint density at radius 3 is 2.81 bits per heavy atom. The molecule has 2 aromatic heterocycles. The summed E-state index contributed by atoms with van der Waals surface area (Å²) in [6.07, 6.45) is 3.69. The summed E-state index contributed by atoms with van der Waals surface area (Å²) in [5.74, 6) is 0.987. The molecule has 140 valence electrons. The van der Waals surface area contributed by atoms with Gasteiger partial charge in [-0.15, -0.1) is 11.3 Å². The maximum Gasteiger partial charge on any atom is 0.317 e. The minimum Gasteiger partial charge on any atom is -0.352 e. The van der Waals surface area contributed by atoms with Gasteiger partial charge in [0.05, 0.1) is 5.39 Å². The fourth-order valence-corrected chi connectivity index (χ4v) is 4.56. The predicted octanol–water partition coefficient (Wildman–Crippen LogP) is 2.01. The van der Waals surface area contributed by atoms with Gasteiger partial charge < -0.3 is 20.0 Å². The highest BCUT2D eigenvalue weighted by Gasteiger charge is 2.28. The lowest BCUT2D eigenvalue weighted by molar-refractivity contribution is 0.154. The van der Waals surface area contributed by atoms with Gasteiger partial charge in [0.25, 0.3) is 0 Å². The van der Waals surface area contributed by atoms with Crippen LogP contribution in [0.3, 0.4) is 0 Å². The van der Waals surface area contributed by atoms with Crippen molar-refractivity contribution in [2.75, 3.05) is 44.7 Å². The Morgan fingerprint density at radius 2 is 2.04 bits per heavy atom. The number of piperazine rings is 1. The van der Waals surface area contributed by atoms with Gasteiger partial charge in [-0.05, 0) is 38.3 Å². The van der Waals surface area contributed by atoms with Crippen molar-refractivity contribution in [3.05, 3.63) is 17.8 Å². The summed E-state index contributed by atoms with van der Waals surface area (Å²) in [6.45, 7) is 6.33. The third-order valence-corrected chi connectivity index (χ3v) is 6.46. The number of urea groups is 1. The summed E-state index contributed by atoms with van der Waals surface area (Å²) in [5, 5.41) is 6.40. The van der Waals surface area contributed by atoms with Gasteiger partial charge in [-0.2, -0.15) is 0 Å². The Hall–Kier alpha value is -1.93. The van der Waals surface area contributed by atoms with Crippen molar-refractivity contribution in [2.45, 2.75) is 31.8 Å². The van der Waals surface area contributed by atoms with E-state index in [4.69, 9.17) is 0 Å². The first-order chi connectivity index (χ1) is 12.6. The van der Waals surface area contributed by atoms with Crippen molar-refractivity contribution in [3.8, 4) is 0 Å². The number of thiophene rings is 1. The molecule has 4 heterocycles. The van der Waals surface area contributed by atoms with Gasteiger partial charge in [0, 0.05) is 44.8 Å². The first kappa shape index (κ1) is 17.5. The van der Waals surface area contributed by atoms with E-state index in [-0.39, 0.29) is 6.03 Å². The average Bonchev–Trinajstić information content (AvgIpc) is 3.14. The summed E-state index contributed by atoms with van der Waals surface area (Å²) in [5.41, 5.74) is 0. The number of aromatic nitrogens is 2. The summed E-state index contributed by atoms with van der Waals surface area (Å²) >= 11 is 1.63. The van der Waals surface area contributed by atoms with Crippen molar-refractivity contribution in [3.63, 3.8) is 0 Å². The lowest BCUT2D eigenvalue weighted by Gasteiger charge is -2.38. The maximum absolute atomic E-state index is 12.6. The van der Waals surface area contributed by atoms with Crippen LogP contribution in [-0.4, -0.2) is 77.7 Å². The number of likely N-dealkylation sites (tertiary alicyclic amines) is 1. The minimum atomic E-state index is 0.0785. The van der Waals surface area contributed by atoms with Crippen molar-refractivity contribution in [1.82, 2.24) is 25.1 Å². The molecule has 2 aliphatic heterocycles. The van der Waals surface area contributed by atoms with Gasteiger partial charge in [-0.25, -0.2) is 14.8 Å². The minimum absolute atomic E-state index is 0.0785. The van der Waals surface area contributed by atoms with Gasteiger partial charge in [-0.1, -0.05) is 0 Å². The number of piperidine rings is 1. The second-order valence-electron chi connectivity index (χ2n) is 7.31. The SMILES string of the molecule is CC1CC(NC(=O)N2CCN(c3ncnc4sccc34)CC2)CCN1C. The quantitative estimate of drug-likeness (QED) is 0.871. The highest BCUT2D eigenvalue weighted by molar-refractivity contribution is 7.16. The van der Waals surface area contributed by atoms with E-state index in [2.05, 4.69) is 50.5 Å². The van der Waals surface area contributed by atoms with Crippen LogP contribution in [0.2, 0.25) is 0 Å². The van der Waals surface area contributed by atoms with Crippen LogP contribution in [0, 0.1) is 0 Å². The molecular weight excluding hydrogens is 348 g/mol. The zero-order valence-electron chi connectivity index (χ0n) is 15.4. The number of amides is 2. The van der Waals surface area contributed by atoms with Crippen LogP contribution in [0.15, 0.2) is 17.8 Å². The fraction of sp³-hybridized carbons (Fsp3) is 0.611. The number of hydrogen-bond acceptors (Lipinski definition) is 6. The molecule has 26 heavy (non-hydrogen) atoms. The number of carbonyl (C=O) groups is 1. The van der Waals surface area contributed by atoms with Crippen molar-refractivity contribution >= 4 is 33.4 Å². The maximum atomic E-state index is 12.6. The van der Waals surface area contributed by atoms with Crippen LogP contribution >= 0.6 is 11.3 Å². The largest absolute Gasteiger partial charge is 0.352 e. The first-order valence-corrected chi connectivity index (χ1v) is 10.2. The van der Waals surface area contributed by atoms with Crippen LogP contribution in [0.1, 0.15) is 19.8 Å². The van der Waals surface area contributed by atoms with E-state index in [0.717, 1.165) is 61.6 Å². The van der Waals surface area contributed by atoms with E-state index in [9.17, 15) is 4.79 Å². The number of nitrogens with one attached hydrogen (secondary N) is 1. The third-order valence-electron chi connectivity index (χ3n) is 5.64. The number of rotatable bonds is 2. The van der Waals surface area contributed by atoms with E-state index >= 15 is 0 Å².